The van der Waals surface area contributed by atoms with Crippen molar-refractivity contribution in [3.63, 3.8) is 0 Å². The van der Waals surface area contributed by atoms with Crippen LogP contribution in [0.15, 0.2) is 12.3 Å². The lowest BCUT2D eigenvalue weighted by molar-refractivity contribution is 0.304. The zero-order valence-electron chi connectivity index (χ0n) is 11.5. The molecule has 2 fully saturated rings. The van der Waals surface area contributed by atoms with Crippen LogP contribution in [0.5, 0.6) is 5.88 Å². The number of rotatable bonds is 5. The van der Waals surface area contributed by atoms with E-state index in [-0.39, 0.29) is 0 Å². The summed E-state index contributed by atoms with van der Waals surface area (Å²) in [5.74, 6) is 1.37. The largest absolute Gasteiger partial charge is 0.478 e. The van der Waals surface area contributed by atoms with E-state index in [1.54, 1.807) is 6.20 Å². The van der Waals surface area contributed by atoms with Gasteiger partial charge in [-0.15, -0.1) is 0 Å². The van der Waals surface area contributed by atoms with Crippen LogP contribution >= 0.6 is 0 Å². The van der Waals surface area contributed by atoms with Crippen LogP contribution in [0.4, 0.5) is 5.95 Å². The van der Waals surface area contributed by atoms with Gasteiger partial charge < -0.3 is 10.1 Å². The summed E-state index contributed by atoms with van der Waals surface area (Å²) in [7, 11) is 0. The number of nitrogens with zero attached hydrogens (tertiary/aromatic N) is 3. The summed E-state index contributed by atoms with van der Waals surface area (Å²) in [6.45, 7) is 5.25. The third kappa shape index (κ3) is 2.81. The van der Waals surface area contributed by atoms with Crippen LogP contribution in [0.3, 0.4) is 0 Å². The van der Waals surface area contributed by atoms with Gasteiger partial charge in [0.15, 0.2) is 0 Å². The summed E-state index contributed by atoms with van der Waals surface area (Å²) in [5.41, 5.74) is 0. The van der Waals surface area contributed by atoms with Gasteiger partial charge in [0, 0.05) is 30.9 Å². The molecule has 0 saturated carbocycles. The van der Waals surface area contributed by atoms with Crippen molar-refractivity contribution in [2.45, 2.75) is 44.7 Å². The maximum absolute atomic E-state index is 5.55. The molecule has 1 N–H and O–H groups in total. The van der Waals surface area contributed by atoms with Crippen LogP contribution in [-0.2, 0) is 0 Å². The predicted molar refractivity (Wildman–Crippen MR) is 74.4 cm³/mol. The number of nitrogens with one attached hydrogen (secondary N) is 1. The Morgan fingerprint density at radius 2 is 2.37 bits per heavy atom. The van der Waals surface area contributed by atoms with Gasteiger partial charge in [0.2, 0.25) is 11.8 Å². The Bertz CT molecular complexity index is 426. The topological polar surface area (TPSA) is 50.3 Å². The van der Waals surface area contributed by atoms with E-state index in [0.29, 0.717) is 30.5 Å². The average Bonchev–Trinajstić information content (AvgIpc) is 3.02. The Balaban J connectivity index is 1.63. The molecular formula is C14H22N4O. The molecular weight excluding hydrogens is 240 g/mol. The average molecular weight is 262 g/mol. The van der Waals surface area contributed by atoms with Gasteiger partial charge in [0.25, 0.3) is 0 Å². The molecule has 2 atom stereocenters. The molecule has 0 bridgehead atoms. The van der Waals surface area contributed by atoms with Crippen molar-refractivity contribution in [2.24, 2.45) is 0 Å². The van der Waals surface area contributed by atoms with Crippen LogP contribution < -0.4 is 10.1 Å². The molecule has 5 heteroatoms. The van der Waals surface area contributed by atoms with Gasteiger partial charge in [-0.05, 0) is 32.2 Å². The predicted octanol–water partition coefficient (Wildman–Crippen LogP) is 1.91. The second-order valence-electron chi connectivity index (χ2n) is 5.35. The fourth-order valence-electron chi connectivity index (χ4n) is 3.12. The minimum atomic E-state index is 0.490. The van der Waals surface area contributed by atoms with Crippen LogP contribution in [-0.4, -0.2) is 46.6 Å². The highest BCUT2D eigenvalue weighted by Gasteiger charge is 2.37. The highest BCUT2D eigenvalue weighted by molar-refractivity contribution is 5.30. The molecule has 3 rings (SSSR count). The standard InChI is InChI=1S/C14H22N4O/c1-2-10-19-13-5-7-15-14(17-13)16-11-6-9-18-8-3-4-12(11)18/h5,7,11-12H,2-4,6,8-10H2,1H3,(H,15,16,17). The highest BCUT2D eigenvalue weighted by Crippen LogP contribution is 2.29. The van der Waals surface area contributed by atoms with E-state index in [2.05, 4.69) is 27.1 Å². The van der Waals surface area contributed by atoms with Crippen LogP contribution in [0, 0.1) is 0 Å². The minimum Gasteiger partial charge on any atom is -0.478 e. The monoisotopic (exact) mass is 262 g/mol. The Morgan fingerprint density at radius 3 is 3.26 bits per heavy atom. The Morgan fingerprint density at radius 1 is 1.42 bits per heavy atom. The van der Waals surface area contributed by atoms with Gasteiger partial charge in [-0.25, -0.2) is 4.98 Å². The zero-order chi connectivity index (χ0) is 13.1. The van der Waals surface area contributed by atoms with Crippen LogP contribution in [0.1, 0.15) is 32.6 Å². The third-order valence-corrected chi connectivity index (χ3v) is 4.00. The van der Waals surface area contributed by atoms with Gasteiger partial charge in [-0.3, -0.25) is 4.90 Å². The molecule has 1 aromatic rings. The molecule has 0 aliphatic carbocycles. The van der Waals surface area contributed by atoms with Gasteiger partial charge in [0.1, 0.15) is 0 Å². The third-order valence-electron chi connectivity index (χ3n) is 4.00. The Kier molecular flexibility index (Phi) is 3.82. The maximum Gasteiger partial charge on any atom is 0.226 e. The van der Waals surface area contributed by atoms with E-state index >= 15 is 0 Å². The highest BCUT2D eigenvalue weighted by atomic mass is 16.5. The number of anilines is 1. The van der Waals surface area contributed by atoms with E-state index in [1.165, 1.54) is 32.4 Å². The van der Waals surface area contributed by atoms with E-state index in [0.717, 1.165) is 6.42 Å². The van der Waals surface area contributed by atoms with Crippen molar-refractivity contribution in [3.8, 4) is 5.88 Å². The summed E-state index contributed by atoms with van der Waals surface area (Å²) < 4.78 is 5.55. The van der Waals surface area contributed by atoms with Crippen LogP contribution in [0.2, 0.25) is 0 Å². The number of hydrogen-bond donors (Lipinski definition) is 1. The molecule has 2 saturated heterocycles. The molecule has 0 aromatic carbocycles. The molecule has 5 nitrogen and oxygen atoms in total. The first-order valence-corrected chi connectivity index (χ1v) is 7.33. The van der Waals surface area contributed by atoms with Crippen LogP contribution in [0.25, 0.3) is 0 Å². The molecule has 19 heavy (non-hydrogen) atoms. The van der Waals surface area contributed by atoms with Gasteiger partial charge >= 0.3 is 0 Å². The van der Waals surface area contributed by atoms with Crippen molar-refractivity contribution in [2.75, 3.05) is 25.0 Å². The number of fused-ring (bicyclic) bond motifs is 1. The first kappa shape index (κ1) is 12.7. The summed E-state index contributed by atoms with van der Waals surface area (Å²) in [5, 5.41) is 3.49. The smallest absolute Gasteiger partial charge is 0.226 e. The normalized spacial score (nSPS) is 26.4. The summed E-state index contributed by atoms with van der Waals surface area (Å²) >= 11 is 0. The van der Waals surface area contributed by atoms with Gasteiger partial charge in [-0.2, -0.15) is 4.98 Å². The molecule has 3 heterocycles. The second-order valence-corrected chi connectivity index (χ2v) is 5.35. The molecule has 0 amide bonds. The SMILES string of the molecule is CCCOc1ccnc(NC2CCN3CCCC23)n1. The number of hydrogen-bond acceptors (Lipinski definition) is 5. The molecule has 2 aliphatic heterocycles. The lowest BCUT2D eigenvalue weighted by Gasteiger charge is -2.21. The lowest BCUT2D eigenvalue weighted by Crippen LogP contribution is -2.34. The number of aromatic nitrogens is 2. The Labute approximate surface area is 114 Å². The fourth-order valence-corrected chi connectivity index (χ4v) is 3.12. The molecule has 104 valence electrons. The molecule has 1 aromatic heterocycles. The van der Waals surface area contributed by atoms with Crippen molar-refractivity contribution in [3.05, 3.63) is 12.3 Å². The lowest BCUT2D eigenvalue weighted by atomic mass is 10.1. The maximum atomic E-state index is 5.55. The molecule has 0 radical (unpaired) electrons. The van der Waals surface area contributed by atoms with Crippen molar-refractivity contribution in [1.29, 1.82) is 0 Å². The zero-order valence-corrected chi connectivity index (χ0v) is 11.5. The fraction of sp³-hybridized carbons (Fsp3) is 0.714. The van der Waals surface area contributed by atoms with Gasteiger partial charge in [0.05, 0.1) is 6.61 Å². The van der Waals surface area contributed by atoms with Crippen molar-refractivity contribution < 1.29 is 4.74 Å². The number of ether oxygens (including phenoxy) is 1. The summed E-state index contributed by atoms with van der Waals surface area (Å²) in [6.07, 6.45) is 6.56. The summed E-state index contributed by atoms with van der Waals surface area (Å²) in [4.78, 5) is 11.3. The summed E-state index contributed by atoms with van der Waals surface area (Å²) in [6, 6.07) is 2.98. The molecule has 2 aliphatic rings. The van der Waals surface area contributed by atoms with E-state index in [9.17, 15) is 0 Å². The van der Waals surface area contributed by atoms with Crippen molar-refractivity contribution in [1.82, 2.24) is 14.9 Å². The molecule has 2 unspecified atom stereocenters. The van der Waals surface area contributed by atoms with Gasteiger partial charge in [-0.1, -0.05) is 6.92 Å². The first-order chi connectivity index (χ1) is 9.36. The minimum absolute atomic E-state index is 0.490. The molecule has 0 spiro atoms. The van der Waals surface area contributed by atoms with E-state index < -0.39 is 0 Å². The van der Waals surface area contributed by atoms with Crippen molar-refractivity contribution >= 4 is 5.95 Å². The second kappa shape index (κ2) is 5.74. The quantitative estimate of drug-likeness (QED) is 0.878. The first-order valence-electron chi connectivity index (χ1n) is 7.33. The van der Waals surface area contributed by atoms with E-state index in [1.807, 2.05) is 6.07 Å². The van der Waals surface area contributed by atoms with E-state index in [4.69, 9.17) is 4.74 Å². The Hall–Kier alpha value is -1.36.